The van der Waals surface area contributed by atoms with E-state index in [4.69, 9.17) is 4.74 Å². The van der Waals surface area contributed by atoms with E-state index in [1.54, 1.807) is 12.1 Å². The Labute approximate surface area is 146 Å². The van der Waals surface area contributed by atoms with Crippen molar-refractivity contribution in [2.75, 3.05) is 25.0 Å². The number of anilines is 1. The molecule has 0 spiro atoms. The van der Waals surface area contributed by atoms with E-state index in [0.717, 1.165) is 16.8 Å². The largest absolute Gasteiger partial charge is 0.488 e. The zero-order chi connectivity index (χ0) is 18.2. The number of nitrogens with one attached hydrogen (secondary N) is 2. The molecule has 0 aliphatic heterocycles. The number of para-hydroxylation sites is 1. The molecule has 0 fully saturated rings. The van der Waals surface area contributed by atoms with E-state index in [-0.39, 0.29) is 31.4 Å². The number of amides is 1. The third kappa shape index (κ3) is 5.85. The molecule has 2 aromatic carbocycles. The number of hydrogen-bond donors (Lipinski definition) is 3. The first kappa shape index (κ1) is 18.9. The van der Waals surface area contributed by atoms with Crippen molar-refractivity contribution in [2.24, 2.45) is 0 Å². The number of aliphatic hydroxyl groups is 1. The minimum absolute atomic E-state index is 0.0597. The SMILES string of the molecule is Cc1cccc(NC(=O)CNC[C@@H](O)COc2ccccc2F)c1C. The van der Waals surface area contributed by atoms with E-state index in [1.165, 1.54) is 12.1 Å². The van der Waals surface area contributed by atoms with Gasteiger partial charge >= 0.3 is 0 Å². The predicted octanol–water partition coefficient (Wildman–Crippen LogP) is 2.41. The molecule has 2 rings (SSSR count). The molecule has 0 aliphatic carbocycles. The van der Waals surface area contributed by atoms with Crippen molar-refractivity contribution in [3.8, 4) is 5.75 Å². The normalized spacial score (nSPS) is 11.8. The van der Waals surface area contributed by atoms with E-state index in [2.05, 4.69) is 10.6 Å². The summed E-state index contributed by atoms with van der Waals surface area (Å²) in [4.78, 5) is 11.9. The number of carbonyl (C=O) groups excluding carboxylic acids is 1. The highest BCUT2D eigenvalue weighted by atomic mass is 19.1. The first-order chi connectivity index (χ1) is 12.0. The number of benzene rings is 2. The fourth-order valence-electron chi connectivity index (χ4n) is 2.24. The molecule has 0 radical (unpaired) electrons. The van der Waals surface area contributed by atoms with Crippen LogP contribution in [0.3, 0.4) is 0 Å². The van der Waals surface area contributed by atoms with E-state index in [0.29, 0.717) is 0 Å². The van der Waals surface area contributed by atoms with Crippen molar-refractivity contribution >= 4 is 11.6 Å². The molecule has 5 nitrogen and oxygen atoms in total. The van der Waals surface area contributed by atoms with Gasteiger partial charge in [-0.3, -0.25) is 4.79 Å². The molecule has 0 aliphatic rings. The summed E-state index contributed by atoms with van der Waals surface area (Å²) in [5.41, 5.74) is 2.90. The van der Waals surface area contributed by atoms with E-state index in [1.807, 2.05) is 32.0 Å². The lowest BCUT2D eigenvalue weighted by Crippen LogP contribution is -2.36. The molecule has 1 amide bonds. The molecule has 3 N–H and O–H groups in total. The van der Waals surface area contributed by atoms with Gasteiger partial charge in [0.15, 0.2) is 11.6 Å². The molecular weight excluding hydrogens is 323 g/mol. The second kappa shape index (κ2) is 9.15. The molecule has 2 aromatic rings. The van der Waals surface area contributed by atoms with Gasteiger partial charge in [0.05, 0.1) is 6.54 Å². The Morgan fingerprint density at radius 3 is 2.72 bits per heavy atom. The van der Waals surface area contributed by atoms with Crippen LogP contribution in [0.15, 0.2) is 42.5 Å². The van der Waals surface area contributed by atoms with Crippen molar-refractivity contribution in [3.63, 3.8) is 0 Å². The summed E-state index contributed by atoms with van der Waals surface area (Å²) in [6.07, 6.45) is -0.854. The van der Waals surface area contributed by atoms with Gasteiger partial charge in [-0.25, -0.2) is 4.39 Å². The number of rotatable bonds is 8. The van der Waals surface area contributed by atoms with Crippen molar-refractivity contribution in [3.05, 3.63) is 59.4 Å². The Balaban J connectivity index is 1.70. The molecular formula is C19H23FN2O3. The highest BCUT2D eigenvalue weighted by Crippen LogP contribution is 2.17. The number of aryl methyl sites for hydroxylation is 1. The quantitative estimate of drug-likeness (QED) is 0.686. The molecule has 0 heterocycles. The van der Waals surface area contributed by atoms with Crippen LogP contribution in [0, 0.1) is 19.7 Å². The molecule has 0 saturated heterocycles. The van der Waals surface area contributed by atoms with Crippen LogP contribution in [0.5, 0.6) is 5.75 Å². The summed E-state index contributed by atoms with van der Waals surface area (Å²) in [6, 6.07) is 11.7. The number of halogens is 1. The topological polar surface area (TPSA) is 70.6 Å². The van der Waals surface area contributed by atoms with Crippen molar-refractivity contribution in [1.29, 1.82) is 0 Å². The number of aliphatic hydroxyl groups excluding tert-OH is 1. The Morgan fingerprint density at radius 1 is 1.20 bits per heavy atom. The van der Waals surface area contributed by atoms with Gasteiger partial charge in [0.25, 0.3) is 0 Å². The van der Waals surface area contributed by atoms with E-state index >= 15 is 0 Å². The number of ether oxygens (including phenoxy) is 1. The maximum Gasteiger partial charge on any atom is 0.238 e. The van der Waals surface area contributed by atoms with Crippen molar-refractivity contribution < 1.29 is 19.0 Å². The van der Waals surface area contributed by atoms with E-state index in [9.17, 15) is 14.3 Å². The number of carbonyl (C=O) groups is 1. The minimum Gasteiger partial charge on any atom is -0.488 e. The summed E-state index contributed by atoms with van der Waals surface area (Å²) < 4.78 is 18.6. The van der Waals surface area contributed by atoms with Gasteiger partial charge in [-0.05, 0) is 43.2 Å². The summed E-state index contributed by atoms with van der Waals surface area (Å²) in [7, 11) is 0. The zero-order valence-corrected chi connectivity index (χ0v) is 14.4. The van der Waals surface area contributed by atoms with Crippen LogP contribution in [0.1, 0.15) is 11.1 Å². The summed E-state index contributed by atoms with van der Waals surface area (Å²) in [6.45, 7) is 4.09. The van der Waals surface area contributed by atoms with E-state index < -0.39 is 11.9 Å². The fourth-order valence-corrected chi connectivity index (χ4v) is 2.24. The Bertz CT molecular complexity index is 722. The fraction of sp³-hybridized carbons (Fsp3) is 0.316. The molecule has 0 aromatic heterocycles. The lowest BCUT2D eigenvalue weighted by atomic mass is 10.1. The van der Waals surface area contributed by atoms with Gasteiger partial charge in [0, 0.05) is 12.2 Å². The van der Waals surface area contributed by atoms with Crippen LogP contribution in [-0.2, 0) is 4.79 Å². The predicted molar refractivity (Wildman–Crippen MR) is 95.3 cm³/mol. The van der Waals surface area contributed by atoms with Crippen LogP contribution in [0.4, 0.5) is 10.1 Å². The average molecular weight is 346 g/mol. The standard InChI is InChI=1S/C19H23FN2O3/c1-13-6-5-8-17(14(13)2)22-19(24)11-21-10-15(23)12-25-18-9-4-3-7-16(18)20/h3-9,15,21,23H,10-12H2,1-2H3,(H,22,24)/t15-/m1/s1. The molecule has 0 bridgehead atoms. The summed E-state index contributed by atoms with van der Waals surface area (Å²) in [5.74, 6) is -0.583. The van der Waals surface area contributed by atoms with Gasteiger partial charge in [-0.1, -0.05) is 24.3 Å². The van der Waals surface area contributed by atoms with Gasteiger partial charge in [-0.15, -0.1) is 0 Å². The van der Waals surface area contributed by atoms with Crippen LogP contribution in [0.2, 0.25) is 0 Å². The third-order valence-corrected chi connectivity index (χ3v) is 3.81. The molecule has 0 unspecified atom stereocenters. The highest BCUT2D eigenvalue weighted by molar-refractivity contribution is 5.93. The smallest absolute Gasteiger partial charge is 0.238 e. The first-order valence-corrected chi connectivity index (χ1v) is 8.09. The lowest BCUT2D eigenvalue weighted by molar-refractivity contribution is -0.115. The maximum atomic E-state index is 13.4. The van der Waals surface area contributed by atoms with Crippen LogP contribution in [0.25, 0.3) is 0 Å². The van der Waals surface area contributed by atoms with Gasteiger partial charge in [0.2, 0.25) is 5.91 Å². The van der Waals surface area contributed by atoms with Crippen LogP contribution in [-0.4, -0.2) is 36.8 Å². The van der Waals surface area contributed by atoms with Crippen LogP contribution >= 0.6 is 0 Å². The van der Waals surface area contributed by atoms with Crippen molar-refractivity contribution in [2.45, 2.75) is 20.0 Å². The minimum atomic E-state index is -0.854. The molecule has 134 valence electrons. The Hall–Kier alpha value is -2.44. The van der Waals surface area contributed by atoms with Crippen molar-refractivity contribution in [1.82, 2.24) is 5.32 Å². The average Bonchev–Trinajstić information content (AvgIpc) is 2.58. The number of hydrogen-bond acceptors (Lipinski definition) is 4. The Morgan fingerprint density at radius 2 is 1.96 bits per heavy atom. The lowest BCUT2D eigenvalue weighted by Gasteiger charge is -2.14. The molecule has 0 saturated carbocycles. The highest BCUT2D eigenvalue weighted by Gasteiger charge is 2.10. The molecule has 25 heavy (non-hydrogen) atoms. The third-order valence-electron chi connectivity index (χ3n) is 3.81. The second-order valence-electron chi connectivity index (χ2n) is 5.82. The van der Waals surface area contributed by atoms with Gasteiger partial charge in [-0.2, -0.15) is 0 Å². The molecule has 6 heteroatoms. The van der Waals surface area contributed by atoms with Gasteiger partial charge in [0.1, 0.15) is 12.7 Å². The summed E-state index contributed by atoms with van der Waals surface area (Å²) >= 11 is 0. The zero-order valence-electron chi connectivity index (χ0n) is 14.4. The second-order valence-corrected chi connectivity index (χ2v) is 5.82. The maximum absolute atomic E-state index is 13.4. The van der Waals surface area contributed by atoms with Crippen LogP contribution < -0.4 is 15.4 Å². The first-order valence-electron chi connectivity index (χ1n) is 8.09. The Kier molecular flexibility index (Phi) is 6.91. The van der Waals surface area contributed by atoms with Gasteiger partial charge < -0.3 is 20.5 Å². The monoisotopic (exact) mass is 346 g/mol. The summed E-state index contributed by atoms with van der Waals surface area (Å²) in [5, 5.41) is 15.5. The molecule has 1 atom stereocenters.